The minimum absolute atomic E-state index is 0.0573. The molecule has 9 rings (SSSR count). The number of nitrogens with zero attached hydrogens (tertiary/aromatic N) is 1. The van der Waals surface area contributed by atoms with Crippen LogP contribution >= 0.6 is 0 Å². The molecule has 1 aliphatic carbocycles. The zero-order chi connectivity index (χ0) is 31.5. The minimum Gasteiger partial charge on any atom is -0.456 e. The third-order valence-electron chi connectivity index (χ3n) is 9.89. The van der Waals surface area contributed by atoms with E-state index in [0.29, 0.717) is 0 Å². The van der Waals surface area contributed by atoms with Gasteiger partial charge in [-0.1, -0.05) is 129 Å². The summed E-state index contributed by atoms with van der Waals surface area (Å²) in [5, 5.41) is 2.35. The Morgan fingerprint density at radius 1 is 0.447 bits per heavy atom. The van der Waals surface area contributed by atoms with E-state index in [1.54, 1.807) is 0 Å². The first kappa shape index (κ1) is 27.5. The molecule has 1 heterocycles. The summed E-state index contributed by atoms with van der Waals surface area (Å²) in [6.07, 6.45) is 0. The zero-order valence-corrected chi connectivity index (χ0v) is 26.4. The van der Waals surface area contributed by atoms with Crippen LogP contribution in [-0.4, -0.2) is 0 Å². The van der Waals surface area contributed by atoms with Crippen molar-refractivity contribution < 1.29 is 4.42 Å². The van der Waals surface area contributed by atoms with Crippen molar-refractivity contribution in [2.75, 3.05) is 4.90 Å². The summed E-state index contributed by atoms with van der Waals surface area (Å²) in [5.74, 6) is 0. The van der Waals surface area contributed by atoms with Crippen LogP contribution in [0.5, 0.6) is 0 Å². The Morgan fingerprint density at radius 3 is 1.60 bits per heavy atom. The van der Waals surface area contributed by atoms with Crippen LogP contribution in [0.2, 0.25) is 0 Å². The summed E-state index contributed by atoms with van der Waals surface area (Å²) in [6.45, 7) is 4.65. The molecule has 7 aromatic carbocycles. The minimum atomic E-state index is -0.0573. The van der Waals surface area contributed by atoms with Gasteiger partial charge in [-0.25, -0.2) is 0 Å². The predicted molar refractivity (Wildman–Crippen MR) is 197 cm³/mol. The molecule has 1 aliphatic rings. The Balaban J connectivity index is 1.19. The molecule has 0 amide bonds. The monoisotopic (exact) mass is 603 g/mol. The first-order valence-corrected chi connectivity index (χ1v) is 16.3. The molecule has 0 unspecified atom stereocenters. The number of hydrogen-bond donors (Lipinski definition) is 0. The van der Waals surface area contributed by atoms with Crippen LogP contribution < -0.4 is 4.90 Å². The third-order valence-corrected chi connectivity index (χ3v) is 9.89. The van der Waals surface area contributed by atoms with Crippen LogP contribution in [0.25, 0.3) is 55.3 Å². The summed E-state index contributed by atoms with van der Waals surface area (Å²) < 4.78 is 6.65. The van der Waals surface area contributed by atoms with Crippen LogP contribution in [0.1, 0.15) is 25.0 Å². The number of benzene rings is 7. The van der Waals surface area contributed by atoms with E-state index in [1.165, 1.54) is 49.9 Å². The van der Waals surface area contributed by atoms with Crippen molar-refractivity contribution in [2.45, 2.75) is 19.3 Å². The SMILES string of the molecule is CC1(C)c2ccccc2-c2c1ccc1oc3cc(N(c4ccc(-c5ccccc5)cc4)c4ccc(-c5ccccc5)cc4)ccc3c21. The second kappa shape index (κ2) is 10.6. The molecular formula is C45H33NO. The number of furan rings is 1. The number of hydrogen-bond acceptors (Lipinski definition) is 2. The lowest BCUT2D eigenvalue weighted by atomic mass is 9.82. The van der Waals surface area contributed by atoms with E-state index >= 15 is 0 Å². The molecule has 0 spiro atoms. The van der Waals surface area contributed by atoms with Crippen LogP contribution in [0.15, 0.2) is 168 Å². The van der Waals surface area contributed by atoms with E-state index in [1.807, 2.05) is 0 Å². The molecule has 0 saturated heterocycles. The largest absolute Gasteiger partial charge is 0.456 e. The molecule has 0 atom stereocenters. The first-order chi connectivity index (χ1) is 23.1. The van der Waals surface area contributed by atoms with Gasteiger partial charge in [0.05, 0.1) is 0 Å². The Morgan fingerprint density at radius 2 is 0.979 bits per heavy atom. The molecule has 0 aliphatic heterocycles. The van der Waals surface area contributed by atoms with Gasteiger partial charge in [-0.15, -0.1) is 0 Å². The predicted octanol–water partition coefficient (Wildman–Crippen LogP) is 12.7. The summed E-state index contributed by atoms with van der Waals surface area (Å²) in [4.78, 5) is 2.32. The fourth-order valence-corrected chi connectivity index (χ4v) is 7.50. The highest BCUT2D eigenvalue weighted by molar-refractivity contribution is 6.15. The highest BCUT2D eigenvalue weighted by Crippen LogP contribution is 2.53. The number of rotatable bonds is 5. The van der Waals surface area contributed by atoms with E-state index in [-0.39, 0.29) is 5.41 Å². The van der Waals surface area contributed by atoms with E-state index < -0.39 is 0 Å². The van der Waals surface area contributed by atoms with Crippen molar-refractivity contribution in [3.8, 4) is 33.4 Å². The molecule has 0 radical (unpaired) electrons. The lowest BCUT2D eigenvalue weighted by molar-refractivity contribution is 0.656. The maximum absolute atomic E-state index is 6.65. The average molecular weight is 604 g/mol. The van der Waals surface area contributed by atoms with Gasteiger partial charge in [-0.05, 0) is 87.0 Å². The van der Waals surface area contributed by atoms with Gasteiger partial charge in [0.1, 0.15) is 11.2 Å². The van der Waals surface area contributed by atoms with Crippen molar-refractivity contribution in [2.24, 2.45) is 0 Å². The normalized spacial score (nSPS) is 13.1. The van der Waals surface area contributed by atoms with Gasteiger partial charge in [0.15, 0.2) is 0 Å². The quantitative estimate of drug-likeness (QED) is 0.195. The third kappa shape index (κ3) is 4.40. The molecule has 1 aromatic heterocycles. The number of anilines is 3. The van der Waals surface area contributed by atoms with Gasteiger partial charge < -0.3 is 9.32 Å². The Kier molecular flexibility index (Phi) is 6.20. The van der Waals surface area contributed by atoms with Crippen LogP contribution in [0.4, 0.5) is 17.1 Å². The van der Waals surface area contributed by atoms with Gasteiger partial charge in [0.2, 0.25) is 0 Å². The maximum atomic E-state index is 6.65. The van der Waals surface area contributed by atoms with Gasteiger partial charge in [-0.2, -0.15) is 0 Å². The molecule has 224 valence electrons. The van der Waals surface area contributed by atoms with E-state index in [9.17, 15) is 0 Å². The van der Waals surface area contributed by atoms with Gasteiger partial charge >= 0.3 is 0 Å². The smallest absolute Gasteiger partial charge is 0.137 e. The first-order valence-electron chi connectivity index (χ1n) is 16.3. The van der Waals surface area contributed by atoms with Crippen molar-refractivity contribution in [3.63, 3.8) is 0 Å². The second-order valence-corrected chi connectivity index (χ2v) is 13.0. The van der Waals surface area contributed by atoms with Crippen molar-refractivity contribution in [1.82, 2.24) is 0 Å². The van der Waals surface area contributed by atoms with Crippen LogP contribution in [0, 0.1) is 0 Å². The Hall–Kier alpha value is -5.86. The highest BCUT2D eigenvalue weighted by Gasteiger charge is 2.37. The van der Waals surface area contributed by atoms with Gasteiger partial charge in [-0.3, -0.25) is 0 Å². The summed E-state index contributed by atoms with van der Waals surface area (Å²) in [5.41, 5.74) is 15.1. The highest BCUT2D eigenvalue weighted by atomic mass is 16.3. The van der Waals surface area contributed by atoms with Crippen molar-refractivity contribution >= 4 is 39.0 Å². The number of fused-ring (bicyclic) bond motifs is 7. The van der Waals surface area contributed by atoms with Crippen LogP contribution in [-0.2, 0) is 5.41 Å². The molecule has 0 saturated carbocycles. The molecule has 0 bridgehead atoms. The van der Waals surface area contributed by atoms with Gasteiger partial charge in [0.25, 0.3) is 0 Å². The van der Waals surface area contributed by atoms with Crippen molar-refractivity contribution in [3.05, 3.63) is 175 Å². The zero-order valence-electron chi connectivity index (χ0n) is 26.4. The summed E-state index contributed by atoms with van der Waals surface area (Å²) in [6, 6.07) is 58.7. The second-order valence-electron chi connectivity index (χ2n) is 13.0. The molecule has 2 heteroatoms. The summed E-state index contributed by atoms with van der Waals surface area (Å²) in [7, 11) is 0. The molecule has 0 N–H and O–H groups in total. The maximum Gasteiger partial charge on any atom is 0.137 e. The molecule has 0 fully saturated rings. The lowest BCUT2D eigenvalue weighted by Crippen LogP contribution is -2.14. The van der Waals surface area contributed by atoms with E-state index in [2.05, 4.69) is 183 Å². The van der Waals surface area contributed by atoms with Crippen molar-refractivity contribution in [1.29, 1.82) is 0 Å². The van der Waals surface area contributed by atoms with Gasteiger partial charge in [0, 0.05) is 39.3 Å². The van der Waals surface area contributed by atoms with Crippen LogP contribution in [0.3, 0.4) is 0 Å². The lowest BCUT2D eigenvalue weighted by Gasteiger charge is -2.26. The fraction of sp³-hybridized carbons (Fsp3) is 0.0667. The molecular weight excluding hydrogens is 571 g/mol. The average Bonchev–Trinajstić information content (AvgIpc) is 3.61. The standard InChI is InChI=1S/C45H33NO/c1-45(2)39-16-10-9-15-37(39)43-40(45)27-28-41-44(43)38-26-25-36(29-42(38)47-41)46(34-21-17-32(18-22-34)30-11-5-3-6-12-30)35-23-19-33(20-24-35)31-13-7-4-8-14-31/h3-29H,1-2H3. The Labute approximate surface area is 275 Å². The topological polar surface area (TPSA) is 16.4 Å². The van der Waals surface area contributed by atoms with E-state index in [0.717, 1.165) is 33.6 Å². The Bertz CT molecular complexity index is 2320. The summed E-state index contributed by atoms with van der Waals surface area (Å²) >= 11 is 0. The molecule has 2 nitrogen and oxygen atoms in total. The fourth-order valence-electron chi connectivity index (χ4n) is 7.50. The molecule has 8 aromatic rings. The van der Waals surface area contributed by atoms with E-state index in [4.69, 9.17) is 4.42 Å². The molecule has 47 heavy (non-hydrogen) atoms.